The van der Waals surface area contributed by atoms with Gasteiger partial charge in [0.1, 0.15) is 0 Å². The number of ether oxygens (including phenoxy) is 2. The Bertz CT molecular complexity index is 401. The Morgan fingerprint density at radius 2 is 1.85 bits per heavy atom. The van der Waals surface area contributed by atoms with Gasteiger partial charge in [-0.25, -0.2) is 4.68 Å². The summed E-state index contributed by atoms with van der Waals surface area (Å²) >= 11 is 1.78. The molecule has 0 radical (unpaired) electrons. The molecule has 1 aromatic heterocycles. The van der Waals surface area contributed by atoms with Crippen LogP contribution in [0.2, 0.25) is 0 Å². The molecule has 7 heteroatoms. The van der Waals surface area contributed by atoms with Gasteiger partial charge in [-0.3, -0.25) is 0 Å². The van der Waals surface area contributed by atoms with Crippen molar-refractivity contribution in [3.63, 3.8) is 0 Å². The SMILES string of the molecule is COC(Cn1nnnc1SC1CC(C)CC(C)C1)OC. The summed E-state index contributed by atoms with van der Waals surface area (Å²) in [5, 5.41) is 13.4. The monoisotopic (exact) mass is 300 g/mol. The van der Waals surface area contributed by atoms with E-state index in [9.17, 15) is 0 Å². The molecular weight excluding hydrogens is 276 g/mol. The van der Waals surface area contributed by atoms with E-state index in [1.54, 1.807) is 30.7 Å². The zero-order valence-electron chi connectivity index (χ0n) is 12.7. The summed E-state index contributed by atoms with van der Waals surface area (Å²) in [6, 6.07) is 0. The van der Waals surface area contributed by atoms with Crippen LogP contribution in [0.5, 0.6) is 0 Å². The van der Waals surface area contributed by atoms with E-state index in [0.29, 0.717) is 11.8 Å². The van der Waals surface area contributed by atoms with E-state index in [1.807, 2.05) is 0 Å². The smallest absolute Gasteiger partial charge is 0.209 e. The highest BCUT2D eigenvalue weighted by atomic mass is 32.2. The van der Waals surface area contributed by atoms with Gasteiger partial charge in [0.05, 0.1) is 6.54 Å². The molecular formula is C13H24N4O2S. The van der Waals surface area contributed by atoms with Crippen molar-refractivity contribution in [3.05, 3.63) is 0 Å². The molecule has 1 saturated carbocycles. The lowest BCUT2D eigenvalue weighted by atomic mass is 9.83. The number of thioether (sulfide) groups is 1. The van der Waals surface area contributed by atoms with Crippen LogP contribution in [0.25, 0.3) is 0 Å². The van der Waals surface area contributed by atoms with Crippen molar-refractivity contribution >= 4 is 11.8 Å². The third kappa shape index (κ3) is 4.17. The van der Waals surface area contributed by atoms with E-state index < -0.39 is 0 Å². The first kappa shape index (κ1) is 15.7. The molecule has 0 bridgehead atoms. The molecule has 2 atom stereocenters. The average molecular weight is 300 g/mol. The maximum Gasteiger partial charge on any atom is 0.209 e. The van der Waals surface area contributed by atoms with E-state index in [0.717, 1.165) is 17.0 Å². The molecule has 2 rings (SSSR count). The summed E-state index contributed by atoms with van der Waals surface area (Å²) in [4.78, 5) is 0. The second-order valence-corrected chi connectivity index (χ2v) is 6.97. The zero-order chi connectivity index (χ0) is 14.5. The second-order valence-electron chi connectivity index (χ2n) is 5.70. The highest BCUT2D eigenvalue weighted by molar-refractivity contribution is 7.99. The minimum absolute atomic E-state index is 0.318. The fourth-order valence-corrected chi connectivity index (χ4v) is 4.36. The lowest BCUT2D eigenvalue weighted by Crippen LogP contribution is -2.24. The fourth-order valence-electron chi connectivity index (χ4n) is 2.90. The van der Waals surface area contributed by atoms with Crippen LogP contribution in [0.4, 0.5) is 0 Å². The molecule has 0 aliphatic heterocycles. The first-order valence-corrected chi connectivity index (χ1v) is 7.98. The summed E-state index contributed by atoms with van der Waals surface area (Å²) in [5.41, 5.74) is 0. The Labute approximate surface area is 124 Å². The second kappa shape index (κ2) is 7.38. The van der Waals surface area contributed by atoms with Crippen LogP contribution < -0.4 is 0 Å². The predicted molar refractivity (Wildman–Crippen MR) is 77.4 cm³/mol. The third-order valence-corrected chi connectivity index (χ3v) is 4.98. The molecule has 1 fully saturated rings. The van der Waals surface area contributed by atoms with Gasteiger partial charge in [-0.1, -0.05) is 25.6 Å². The molecule has 1 aliphatic rings. The lowest BCUT2D eigenvalue weighted by Gasteiger charge is -2.30. The topological polar surface area (TPSA) is 62.1 Å². The number of methoxy groups -OCH3 is 2. The van der Waals surface area contributed by atoms with Crippen molar-refractivity contribution in [2.45, 2.75) is 56.4 Å². The van der Waals surface area contributed by atoms with Gasteiger partial charge in [-0.2, -0.15) is 0 Å². The number of hydrogen-bond acceptors (Lipinski definition) is 6. The van der Waals surface area contributed by atoms with Crippen LogP contribution in [-0.2, 0) is 16.0 Å². The number of nitrogens with zero attached hydrogens (tertiary/aromatic N) is 4. The van der Waals surface area contributed by atoms with Crippen molar-refractivity contribution in [3.8, 4) is 0 Å². The highest BCUT2D eigenvalue weighted by Crippen LogP contribution is 2.37. The van der Waals surface area contributed by atoms with E-state index in [2.05, 4.69) is 29.4 Å². The summed E-state index contributed by atoms with van der Waals surface area (Å²) in [5.74, 6) is 1.57. The molecule has 0 amide bonds. The van der Waals surface area contributed by atoms with Crippen molar-refractivity contribution in [2.75, 3.05) is 14.2 Å². The van der Waals surface area contributed by atoms with Gasteiger partial charge in [0.2, 0.25) is 5.16 Å². The lowest BCUT2D eigenvalue weighted by molar-refractivity contribution is -0.113. The van der Waals surface area contributed by atoms with Crippen LogP contribution in [0, 0.1) is 11.8 Å². The van der Waals surface area contributed by atoms with E-state index in [-0.39, 0.29) is 6.29 Å². The predicted octanol–water partition coefficient (Wildman–Crippen LogP) is 2.21. The number of rotatable bonds is 6. The largest absolute Gasteiger partial charge is 0.354 e. The van der Waals surface area contributed by atoms with Gasteiger partial charge in [-0.15, -0.1) is 5.10 Å². The molecule has 0 aromatic carbocycles. The minimum Gasteiger partial charge on any atom is -0.354 e. The molecule has 1 aliphatic carbocycles. The highest BCUT2D eigenvalue weighted by Gasteiger charge is 2.26. The van der Waals surface area contributed by atoms with Crippen LogP contribution in [0.3, 0.4) is 0 Å². The van der Waals surface area contributed by atoms with Crippen LogP contribution >= 0.6 is 11.8 Å². The summed E-state index contributed by atoms with van der Waals surface area (Å²) < 4.78 is 12.2. The standard InChI is InChI=1S/C13H24N4O2S/c1-9-5-10(2)7-11(6-9)20-13-14-15-16-17(13)8-12(18-3)19-4/h9-12H,5-8H2,1-4H3. The van der Waals surface area contributed by atoms with Gasteiger partial charge < -0.3 is 9.47 Å². The molecule has 114 valence electrons. The Balaban J connectivity index is 1.97. The van der Waals surface area contributed by atoms with Crippen LogP contribution in [0.1, 0.15) is 33.1 Å². The van der Waals surface area contributed by atoms with E-state index in [1.165, 1.54) is 19.3 Å². The minimum atomic E-state index is -0.318. The average Bonchev–Trinajstić information content (AvgIpc) is 2.82. The molecule has 20 heavy (non-hydrogen) atoms. The van der Waals surface area contributed by atoms with Crippen LogP contribution in [-0.4, -0.2) is 46.0 Å². The molecule has 1 aromatic rings. The first-order valence-electron chi connectivity index (χ1n) is 7.10. The van der Waals surface area contributed by atoms with Crippen molar-refractivity contribution in [2.24, 2.45) is 11.8 Å². The molecule has 6 nitrogen and oxygen atoms in total. The zero-order valence-corrected chi connectivity index (χ0v) is 13.5. The number of hydrogen-bond donors (Lipinski definition) is 0. The van der Waals surface area contributed by atoms with Gasteiger partial charge >= 0.3 is 0 Å². The Morgan fingerprint density at radius 1 is 1.20 bits per heavy atom. The number of aromatic nitrogens is 4. The van der Waals surface area contributed by atoms with Gasteiger partial charge in [0.25, 0.3) is 0 Å². The normalized spacial score (nSPS) is 27.1. The Morgan fingerprint density at radius 3 is 2.45 bits per heavy atom. The molecule has 1 heterocycles. The molecule has 0 N–H and O–H groups in total. The van der Waals surface area contributed by atoms with E-state index >= 15 is 0 Å². The maximum absolute atomic E-state index is 5.20. The Hall–Kier alpha value is -0.660. The van der Waals surface area contributed by atoms with Crippen molar-refractivity contribution in [1.29, 1.82) is 0 Å². The quantitative estimate of drug-likeness (QED) is 0.751. The first-order chi connectivity index (χ1) is 9.62. The summed E-state index contributed by atoms with van der Waals surface area (Å²) in [7, 11) is 3.24. The Kier molecular flexibility index (Phi) is 5.80. The van der Waals surface area contributed by atoms with Crippen molar-refractivity contribution < 1.29 is 9.47 Å². The van der Waals surface area contributed by atoms with Crippen molar-refractivity contribution in [1.82, 2.24) is 20.2 Å². The van der Waals surface area contributed by atoms with Crippen LogP contribution in [0.15, 0.2) is 5.16 Å². The van der Waals surface area contributed by atoms with Gasteiger partial charge in [0, 0.05) is 19.5 Å². The maximum atomic E-state index is 5.20. The fraction of sp³-hybridized carbons (Fsp3) is 0.923. The molecule has 0 spiro atoms. The molecule has 2 unspecified atom stereocenters. The summed E-state index contributed by atoms with van der Waals surface area (Å²) in [6.45, 7) is 5.18. The third-order valence-electron chi connectivity index (χ3n) is 3.75. The van der Waals surface area contributed by atoms with E-state index in [4.69, 9.17) is 9.47 Å². The molecule has 0 saturated heterocycles. The van der Waals surface area contributed by atoms with Gasteiger partial charge in [-0.05, 0) is 41.5 Å². The number of tetrazole rings is 1. The summed E-state index contributed by atoms with van der Waals surface area (Å²) in [6.07, 6.45) is 3.49. The van der Waals surface area contributed by atoms with Gasteiger partial charge in [0.15, 0.2) is 6.29 Å².